The van der Waals surface area contributed by atoms with Crippen molar-refractivity contribution in [2.75, 3.05) is 6.54 Å². The van der Waals surface area contributed by atoms with Crippen molar-refractivity contribution in [3.05, 3.63) is 36.0 Å². The lowest BCUT2D eigenvalue weighted by Crippen LogP contribution is -2.62. The summed E-state index contributed by atoms with van der Waals surface area (Å²) < 4.78 is 0. The number of aromatic nitrogens is 1. The number of fused-ring (bicyclic) bond motifs is 1. The zero-order chi connectivity index (χ0) is 40.1. The smallest absolute Gasteiger partial charge is 0.243 e. The minimum atomic E-state index is -1.50. The average molecular weight is 754 g/mol. The molecule has 0 radical (unpaired) electrons. The summed E-state index contributed by atoms with van der Waals surface area (Å²) in [6, 6.07) is 0.166. The summed E-state index contributed by atoms with van der Waals surface area (Å²) in [5, 5.41) is 17.2. The minimum absolute atomic E-state index is 0.0187. The lowest BCUT2D eigenvalue weighted by molar-refractivity contribution is -0.138. The van der Waals surface area contributed by atoms with Crippen LogP contribution in [0.3, 0.4) is 0 Å². The van der Waals surface area contributed by atoms with Gasteiger partial charge in [0.2, 0.25) is 41.4 Å². The van der Waals surface area contributed by atoms with E-state index in [1.54, 1.807) is 13.1 Å². The molecule has 16 heteroatoms. The zero-order valence-corrected chi connectivity index (χ0v) is 32.3. The zero-order valence-electron chi connectivity index (χ0n) is 32.3. The molecule has 0 aliphatic carbocycles. The second-order valence-electron chi connectivity index (χ2n) is 15.1. The van der Waals surface area contributed by atoms with E-state index in [0.29, 0.717) is 12.8 Å². The lowest BCUT2D eigenvalue weighted by Gasteiger charge is -2.31. The second kappa shape index (κ2) is 20.5. The fourth-order valence-corrected chi connectivity index (χ4v) is 6.44. The van der Waals surface area contributed by atoms with Gasteiger partial charge < -0.3 is 48.4 Å². The Bertz CT molecular complexity index is 1640. The number of nitrogens with one attached hydrogen (secondary N) is 7. The molecule has 1 aliphatic rings. The van der Waals surface area contributed by atoms with Crippen molar-refractivity contribution >= 4 is 52.3 Å². The first-order chi connectivity index (χ1) is 25.5. The predicted octanol–water partition coefficient (Wildman–Crippen LogP) is 0.385. The maximum Gasteiger partial charge on any atom is 0.243 e. The normalized spacial score (nSPS) is 24.5. The van der Waals surface area contributed by atoms with Crippen LogP contribution in [0.4, 0.5) is 0 Å². The van der Waals surface area contributed by atoms with Crippen molar-refractivity contribution in [2.24, 2.45) is 29.2 Å². The molecule has 1 aromatic heterocycles. The van der Waals surface area contributed by atoms with Gasteiger partial charge in [0.1, 0.15) is 36.3 Å². The van der Waals surface area contributed by atoms with Gasteiger partial charge in [0.15, 0.2) is 0 Å². The number of carbonyl (C=O) groups is 7. The third-order valence-corrected chi connectivity index (χ3v) is 9.57. The van der Waals surface area contributed by atoms with Crippen molar-refractivity contribution in [1.29, 1.82) is 0 Å². The van der Waals surface area contributed by atoms with Crippen LogP contribution < -0.4 is 43.4 Å². The highest BCUT2D eigenvalue weighted by molar-refractivity contribution is 5.99. The quantitative estimate of drug-likeness (QED) is 0.138. The van der Waals surface area contributed by atoms with Crippen LogP contribution in [0.15, 0.2) is 30.5 Å². The first kappa shape index (κ1) is 43.4. The number of hydrogen-bond acceptors (Lipinski definition) is 8. The van der Waals surface area contributed by atoms with E-state index in [9.17, 15) is 33.6 Å². The Morgan fingerprint density at radius 2 is 1.19 bits per heavy atom. The van der Waals surface area contributed by atoms with Gasteiger partial charge in [0.05, 0.1) is 6.42 Å². The predicted molar refractivity (Wildman–Crippen MR) is 204 cm³/mol. The third-order valence-electron chi connectivity index (χ3n) is 9.57. The van der Waals surface area contributed by atoms with Crippen LogP contribution in [-0.2, 0) is 40.0 Å². The highest BCUT2D eigenvalue weighted by Crippen LogP contribution is 2.20. The molecule has 0 bridgehead atoms. The van der Waals surface area contributed by atoms with Crippen molar-refractivity contribution < 1.29 is 33.6 Å². The van der Waals surface area contributed by atoms with E-state index >= 15 is 0 Å². The molecule has 0 spiro atoms. The number of nitrogens with two attached hydrogens (primary N) is 2. The van der Waals surface area contributed by atoms with Gasteiger partial charge in [-0.15, -0.1) is 0 Å². The molecule has 2 aromatic rings. The highest BCUT2D eigenvalue weighted by Gasteiger charge is 2.37. The van der Waals surface area contributed by atoms with Gasteiger partial charge in [0, 0.05) is 23.5 Å². The first-order valence-electron chi connectivity index (χ1n) is 18.9. The summed E-state index contributed by atoms with van der Waals surface area (Å²) in [4.78, 5) is 99.0. The van der Waals surface area contributed by atoms with Gasteiger partial charge in [-0.05, 0) is 61.6 Å². The summed E-state index contributed by atoms with van der Waals surface area (Å²) >= 11 is 0. The van der Waals surface area contributed by atoms with E-state index in [4.69, 9.17) is 11.5 Å². The Balaban J connectivity index is 2.15. The van der Waals surface area contributed by atoms with Crippen molar-refractivity contribution in [2.45, 2.75) is 123 Å². The van der Waals surface area contributed by atoms with E-state index in [0.717, 1.165) is 16.5 Å². The molecular formula is C38H59N9O7. The van der Waals surface area contributed by atoms with Crippen LogP contribution >= 0.6 is 0 Å². The number of primary amides is 1. The summed E-state index contributed by atoms with van der Waals surface area (Å²) in [5.74, 6) is -5.65. The number of rotatable bonds is 13. The van der Waals surface area contributed by atoms with E-state index < -0.39 is 89.9 Å². The maximum atomic E-state index is 14.2. The third kappa shape index (κ3) is 12.6. The Morgan fingerprint density at radius 3 is 1.76 bits per heavy atom. The Kier molecular flexibility index (Phi) is 16.5. The fraction of sp³-hybridized carbons (Fsp3) is 0.605. The van der Waals surface area contributed by atoms with Crippen LogP contribution in [0.1, 0.15) is 85.6 Å². The molecule has 1 aliphatic heterocycles. The van der Waals surface area contributed by atoms with Crippen LogP contribution in [0, 0.1) is 17.8 Å². The van der Waals surface area contributed by atoms with Gasteiger partial charge in [-0.3, -0.25) is 33.6 Å². The number of H-pyrrole nitrogens is 1. The number of para-hydroxylation sites is 1. The number of benzene rings is 1. The molecule has 0 saturated carbocycles. The lowest BCUT2D eigenvalue weighted by atomic mass is 9.95. The van der Waals surface area contributed by atoms with Crippen LogP contribution in [0.2, 0.25) is 0 Å². The number of aromatic amines is 1. The van der Waals surface area contributed by atoms with E-state index in [-0.39, 0.29) is 44.1 Å². The number of hydrogen-bond donors (Lipinski definition) is 9. The molecule has 54 heavy (non-hydrogen) atoms. The van der Waals surface area contributed by atoms with E-state index in [2.05, 4.69) is 36.9 Å². The highest BCUT2D eigenvalue weighted by atomic mass is 16.2. The molecule has 16 nitrogen and oxygen atoms in total. The molecule has 7 amide bonds. The fourth-order valence-electron chi connectivity index (χ4n) is 6.44. The van der Waals surface area contributed by atoms with Crippen molar-refractivity contribution in [1.82, 2.24) is 36.9 Å². The van der Waals surface area contributed by atoms with Gasteiger partial charge in [-0.1, -0.05) is 66.2 Å². The molecule has 298 valence electrons. The van der Waals surface area contributed by atoms with Gasteiger partial charge >= 0.3 is 0 Å². The molecule has 2 heterocycles. The van der Waals surface area contributed by atoms with Crippen molar-refractivity contribution in [3.63, 3.8) is 0 Å². The number of amides is 7. The first-order valence-corrected chi connectivity index (χ1v) is 18.9. The molecular weight excluding hydrogens is 694 g/mol. The second-order valence-corrected chi connectivity index (χ2v) is 15.1. The molecule has 11 N–H and O–H groups in total. The van der Waals surface area contributed by atoms with Gasteiger partial charge in [0.25, 0.3) is 0 Å². The van der Waals surface area contributed by atoms with E-state index in [1.165, 1.54) is 0 Å². The Labute approximate surface area is 316 Å². The van der Waals surface area contributed by atoms with Crippen LogP contribution in [0.25, 0.3) is 10.9 Å². The topological polar surface area (TPSA) is 260 Å². The molecule has 1 saturated heterocycles. The largest absolute Gasteiger partial charge is 0.370 e. The Hall–Kier alpha value is -4.99. The summed E-state index contributed by atoms with van der Waals surface area (Å²) in [6.45, 7) is 11.3. The van der Waals surface area contributed by atoms with Crippen LogP contribution in [-0.4, -0.2) is 89.1 Å². The minimum Gasteiger partial charge on any atom is -0.370 e. The number of carbonyl (C=O) groups excluding carboxylic acids is 7. The van der Waals surface area contributed by atoms with Gasteiger partial charge in [-0.2, -0.15) is 0 Å². The van der Waals surface area contributed by atoms with Crippen molar-refractivity contribution in [3.8, 4) is 0 Å². The summed E-state index contributed by atoms with van der Waals surface area (Å²) in [7, 11) is 0. The molecule has 3 rings (SSSR count). The Morgan fingerprint density at radius 1 is 0.685 bits per heavy atom. The standard InChI is InChI=1S/C38H59N9O7/c1-7-22(6)32-38(54)46-30(18-31(40)48)36(52)42-26(13-10-14-39)33(49)45-29(17-23-19-41-25-12-9-8-11-24(23)25)35(51)43-27(15-20(2)3)34(50)44-28(16-21(4)5)37(53)47-32/h8-9,11-12,19-22,26-30,32,41H,7,10,13-18,39H2,1-6H3,(H2,40,48)(H,42,52)(H,43,51)(H,44,50)(H,45,49)(H,46,54)(H,47,53)/t22-,26-,27+,28-,29+,30+,32+/m1/s1. The van der Waals surface area contributed by atoms with E-state index in [1.807, 2.05) is 58.9 Å². The summed E-state index contributed by atoms with van der Waals surface area (Å²) in [6.07, 6.45) is 2.41. The monoisotopic (exact) mass is 753 g/mol. The molecule has 1 fully saturated rings. The molecule has 0 unspecified atom stereocenters. The average Bonchev–Trinajstić information content (AvgIpc) is 3.51. The SMILES string of the molecule is CC[C@@H](C)[C@@H]1NC(=O)[C@@H](CC(C)C)NC(=O)[C@H](CC(C)C)NC(=O)[C@H](Cc2c[nH]c3ccccc23)NC(=O)[C@@H](CCCN)NC(=O)[C@H](CC(N)=O)NC1=O. The summed E-state index contributed by atoms with van der Waals surface area (Å²) in [5.41, 5.74) is 12.8. The van der Waals surface area contributed by atoms with Crippen LogP contribution in [0.5, 0.6) is 0 Å². The van der Waals surface area contributed by atoms with Gasteiger partial charge in [-0.25, -0.2) is 0 Å². The molecule has 1 aromatic carbocycles. The maximum absolute atomic E-state index is 14.2. The molecule has 7 atom stereocenters.